The fraction of sp³-hybridized carbons (Fsp3) is 0.125. The first-order valence-corrected chi connectivity index (χ1v) is 3.49. The van der Waals surface area contributed by atoms with E-state index in [0.29, 0.717) is 0 Å². The van der Waals surface area contributed by atoms with Crippen molar-refractivity contribution in [1.82, 2.24) is 5.43 Å². The number of hydrogen-bond acceptors (Lipinski definition) is 3. The highest BCUT2D eigenvalue weighted by molar-refractivity contribution is 5.60. The molecule has 0 bridgehead atoms. The van der Waals surface area contributed by atoms with Gasteiger partial charge in [0.25, 0.3) is 0 Å². The Bertz CT molecular complexity index is 256. The maximum absolute atomic E-state index is 5.01. The lowest BCUT2D eigenvalue weighted by Gasteiger charge is -1.98. The van der Waals surface area contributed by atoms with Gasteiger partial charge in [0, 0.05) is 0 Å². The van der Waals surface area contributed by atoms with Crippen molar-refractivity contribution in [1.29, 1.82) is 0 Å². The molecule has 0 fully saturated rings. The van der Waals surface area contributed by atoms with Gasteiger partial charge in [0.1, 0.15) is 12.1 Å². The van der Waals surface area contributed by atoms with E-state index in [2.05, 4.69) is 10.4 Å². The highest BCUT2D eigenvalue weighted by atomic mass is 16.5. The quantitative estimate of drug-likeness (QED) is 0.301. The molecular formula is C8H11N3O. The van der Waals surface area contributed by atoms with Gasteiger partial charge in [-0.2, -0.15) is 0 Å². The predicted octanol–water partition coefficient (Wildman–Crippen LogP) is 0.818. The summed E-state index contributed by atoms with van der Waals surface area (Å²) >= 11 is 0. The van der Waals surface area contributed by atoms with E-state index in [9.17, 15) is 0 Å². The fourth-order valence-corrected chi connectivity index (χ4v) is 0.780. The molecule has 0 amide bonds. The maximum atomic E-state index is 5.01. The van der Waals surface area contributed by atoms with Gasteiger partial charge in [-0.25, -0.2) is 10.8 Å². The third kappa shape index (κ3) is 2.25. The third-order valence-electron chi connectivity index (χ3n) is 1.36. The second-order valence-corrected chi connectivity index (χ2v) is 2.12. The van der Waals surface area contributed by atoms with E-state index in [0.717, 1.165) is 11.4 Å². The summed E-state index contributed by atoms with van der Waals surface area (Å²) in [6, 6.07) is 7.35. The van der Waals surface area contributed by atoms with Crippen LogP contribution in [0.4, 0.5) is 5.69 Å². The molecule has 3 N–H and O–H groups in total. The van der Waals surface area contributed by atoms with Gasteiger partial charge in [-0.05, 0) is 24.3 Å². The number of benzene rings is 1. The lowest BCUT2D eigenvalue weighted by atomic mass is 10.3. The Labute approximate surface area is 71.0 Å². The number of nitrogens with two attached hydrogens (primary N) is 1. The Hall–Kier alpha value is -1.55. The highest BCUT2D eigenvalue weighted by Gasteiger charge is 1.89. The molecule has 1 aromatic rings. The number of ether oxygens (including phenoxy) is 1. The van der Waals surface area contributed by atoms with Crippen LogP contribution >= 0.6 is 0 Å². The lowest BCUT2D eigenvalue weighted by molar-refractivity contribution is 0.415. The molecule has 4 heteroatoms. The van der Waals surface area contributed by atoms with Gasteiger partial charge in [0.05, 0.1) is 12.8 Å². The standard InChI is InChI=1S/C8H11N3O/c1-12-8-4-2-7(3-5-8)10-6-11-9/h2-6H,9H2,1H3,(H,10,11). The minimum Gasteiger partial charge on any atom is -0.497 e. The molecule has 1 aromatic carbocycles. The van der Waals surface area contributed by atoms with Crippen molar-refractivity contribution in [3.8, 4) is 5.75 Å². The zero-order valence-corrected chi connectivity index (χ0v) is 6.82. The number of hydrogen-bond donors (Lipinski definition) is 2. The molecule has 0 heterocycles. The molecule has 0 aliphatic rings. The minimum atomic E-state index is 0.814. The van der Waals surface area contributed by atoms with Crippen LogP contribution in [0.15, 0.2) is 29.3 Å². The zero-order chi connectivity index (χ0) is 8.81. The molecular weight excluding hydrogens is 154 g/mol. The molecule has 0 atom stereocenters. The highest BCUT2D eigenvalue weighted by Crippen LogP contribution is 2.16. The molecule has 1 rings (SSSR count). The van der Waals surface area contributed by atoms with Crippen LogP contribution in [0.1, 0.15) is 0 Å². The molecule has 0 spiro atoms. The summed E-state index contributed by atoms with van der Waals surface area (Å²) in [6.45, 7) is 0. The van der Waals surface area contributed by atoms with Crippen LogP contribution in [0.3, 0.4) is 0 Å². The second kappa shape index (κ2) is 4.35. The molecule has 0 aliphatic heterocycles. The van der Waals surface area contributed by atoms with E-state index in [1.807, 2.05) is 24.3 Å². The maximum Gasteiger partial charge on any atom is 0.119 e. The Kier molecular flexibility index (Phi) is 3.10. The van der Waals surface area contributed by atoms with Crippen LogP contribution in [0.5, 0.6) is 5.75 Å². The number of hydrazine groups is 1. The molecule has 0 aromatic heterocycles. The second-order valence-electron chi connectivity index (χ2n) is 2.12. The summed E-state index contributed by atoms with van der Waals surface area (Å²) in [5.41, 5.74) is 3.15. The van der Waals surface area contributed by atoms with Crippen molar-refractivity contribution in [2.75, 3.05) is 7.11 Å². The molecule has 64 valence electrons. The first kappa shape index (κ1) is 8.55. The monoisotopic (exact) mass is 165 g/mol. The van der Waals surface area contributed by atoms with Crippen molar-refractivity contribution in [3.05, 3.63) is 24.3 Å². The average Bonchev–Trinajstić information content (AvgIpc) is 2.15. The number of aliphatic imine (C=N–C) groups is 1. The summed E-state index contributed by atoms with van der Waals surface area (Å²) < 4.78 is 4.98. The van der Waals surface area contributed by atoms with Gasteiger partial charge < -0.3 is 10.2 Å². The van der Waals surface area contributed by atoms with Crippen LogP contribution in [-0.2, 0) is 0 Å². The summed E-state index contributed by atoms with van der Waals surface area (Å²) in [5.74, 6) is 5.82. The molecule has 0 radical (unpaired) electrons. The smallest absolute Gasteiger partial charge is 0.119 e. The largest absolute Gasteiger partial charge is 0.497 e. The summed E-state index contributed by atoms with van der Waals surface area (Å²) in [7, 11) is 1.62. The Morgan fingerprint density at radius 1 is 1.42 bits per heavy atom. The minimum absolute atomic E-state index is 0.814. The number of rotatable bonds is 3. The van der Waals surface area contributed by atoms with E-state index in [1.165, 1.54) is 6.34 Å². The number of nitrogens with zero attached hydrogens (tertiary/aromatic N) is 1. The van der Waals surface area contributed by atoms with E-state index in [-0.39, 0.29) is 0 Å². The van der Waals surface area contributed by atoms with Gasteiger partial charge in [-0.15, -0.1) is 0 Å². The Morgan fingerprint density at radius 2 is 2.08 bits per heavy atom. The van der Waals surface area contributed by atoms with E-state index in [1.54, 1.807) is 7.11 Å². The van der Waals surface area contributed by atoms with Crippen molar-refractivity contribution in [2.24, 2.45) is 10.8 Å². The van der Waals surface area contributed by atoms with Gasteiger partial charge >= 0.3 is 0 Å². The van der Waals surface area contributed by atoms with Gasteiger partial charge in [-0.1, -0.05) is 0 Å². The average molecular weight is 165 g/mol. The van der Waals surface area contributed by atoms with Gasteiger partial charge in [-0.3, -0.25) is 0 Å². The molecule has 0 saturated carbocycles. The summed E-state index contributed by atoms with van der Waals surface area (Å²) in [4.78, 5) is 3.98. The van der Waals surface area contributed by atoms with Crippen LogP contribution in [0.2, 0.25) is 0 Å². The van der Waals surface area contributed by atoms with E-state index < -0.39 is 0 Å². The van der Waals surface area contributed by atoms with Crippen LogP contribution < -0.4 is 16.0 Å². The molecule has 0 aliphatic carbocycles. The third-order valence-corrected chi connectivity index (χ3v) is 1.36. The van der Waals surface area contributed by atoms with Gasteiger partial charge in [0.2, 0.25) is 0 Å². The van der Waals surface area contributed by atoms with Crippen LogP contribution in [0.25, 0.3) is 0 Å². The molecule has 12 heavy (non-hydrogen) atoms. The van der Waals surface area contributed by atoms with Gasteiger partial charge in [0.15, 0.2) is 0 Å². The van der Waals surface area contributed by atoms with Crippen LogP contribution in [0, 0.1) is 0 Å². The Morgan fingerprint density at radius 3 is 2.58 bits per heavy atom. The zero-order valence-electron chi connectivity index (χ0n) is 6.82. The molecule has 0 saturated heterocycles. The van der Waals surface area contributed by atoms with Crippen molar-refractivity contribution in [3.63, 3.8) is 0 Å². The summed E-state index contributed by atoms with van der Waals surface area (Å²) in [6.07, 6.45) is 1.42. The van der Waals surface area contributed by atoms with E-state index in [4.69, 9.17) is 10.6 Å². The predicted molar refractivity (Wildman–Crippen MR) is 48.5 cm³/mol. The normalized spacial score (nSPS) is 10.2. The topological polar surface area (TPSA) is 59.6 Å². The van der Waals surface area contributed by atoms with Crippen molar-refractivity contribution < 1.29 is 4.74 Å². The Balaban J connectivity index is 2.71. The first-order chi connectivity index (χ1) is 5.86. The first-order valence-electron chi connectivity index (χ1n) is 3.49. The fourth-order valence-electron chi connectivity index (χ4n) is 0.780. The number of nitrogens with one attached hydrogen (secondary N) is 1. The molecule has 4 nitrogen and oxygen atoms in total. The SMILES string of the molecule is COc1ccc(N=CNN)cc1. The molecule has 0 unspecified atom stereocenters. The lowest BCUT2D eigenvalue weighted by Crippen LogP contribution is -2.18. The van der Waals surface area contributed by atoms with Crippen LogP contribution in [-0.4, -0.2) is 13.4 Å². The van der Waals surface area contributed by atoms with Crippen molar-refractivity contribution in [2.45, 2.75) is 0 Å². The number of methoxy groups -OCH3 is 1. The van der Waals surface area contributed by atoms with Crippen molar-refractivity contribution >= 4 is 12.0 Å². The van der Waals surface area contributed by atoms with E-state index >= 15 is 0 Å². The summed E-state index contributed by atoms with van der Waals surface area (Å²) in [5, 5.41) is 0.